The van der Waals surface area contributed by atoms with Crippen molar-refractivity contribution < 1.29 is 14.3 Å². The van der Waals surface area contributed by atoms with E-state index in [1.165, 1.54) is 14.2 Å². The summed E-state index contributed by atoms with van der Waals surface area (Å²) in [5, 5.41) is 3.04. The van der Waals surface area contributed by atoms with Crippen LogP contribution < -0.4 is 11.1 Å². The van der Waals surface area contributed by atoms with E-state index in [4.69, 9.17) is 15.2 Å². The average Bonchev–Trinajstić information content (AvgIpc) is 2.33. The number of nitrogens with two attached hydrogens (primary N) is 1. The molecule has 1 rings (SSSR count). The van der Waals surface area contributed by atoms with Crippen LogP contribution in [0.5, 0.6) is 0 Å². The zero-order valence-electron chi connectivity index (χ0n) is 10.6. The molecule has 0 aliphatic carbocycles. The zero-order chi connectivity index (χ0) is 13.8. The van der Waals surface area contributed by atoms with E-state index in [2.05, 4.69) is 21.2 Å². The Labute approximate surface area is 115 Å². The van der Waals surface area contributed by atoms with Crippen LogP contribution in [0.2, 0.25) is 0 Å². The second kappa shape index (κ2) is 6.17. The number of carbonyl (C=O) groups is 1. The summed E-state index contributed by atoms with van der Waals surface area (Å²) in [6.45, 7) is 1.63. The molecule has 0 fully saturated rings. The fourth-order valence-electron chi connectivity index (χ4n) is 1.64. The number of carbonyl (C=O) groups excluding carboxylic acids is 1. The van der Waals surface area contributed by atoms with Crippen molar-refractivity contribution in [1.82, 2.24) is 0 Å². The van der Waals surface area contributed by atoms with Gasteiger partial charge in [-0.05, 0) is 31.2 Å². The maximum absolute atomic E-state index is 11.6. The van der Waals surface area contributed by atoms with Crippen LogP contribution in [0.15, 0.2) is 28.7 Å². The highest BCUT2D eigenvalue weighted by molar-refractivity contribution is 9.10. The molecule has 0 aliphatic rings. The molecule has 1 unspecified atom stereocenters. The Hall–Kier alpha value is -1.11. The molecule has 0 saturated carbocycles. The van der Waals surface area contributed by atoms with E-state index in [-0.39, 0.29) is 0 Å². The highest BCUT2D eigenvalue weighted by Crippen LogP contribution is 2.22. The molecule has 100 valence electrons. The third kappa shape index (κ3) is 3.22. The van der Waals surface area contributed by atoms with Crippen LogP contribution in [-0.4, -0.2) is 32.0 Å². The van der Waals surface area contributed by atoms with Gasteiger partial charge in [-0.15, -0.1) is 0 Å². The van der Waals surface area contributed by atoms with Gasteiger partial charge in [0.2, 0.25) is 5.91 Å². The highest BCUT2D eigenvalue weighted by Gasteiger charge is 2.41. The van der Waals surface area contributed by atoms with Crippen molar-refractivity contribution in [3.8, 4) is 0 Å². The SMILES string of the molecule is COC(OC)C(C)(Nc1ccc(Br)cc1)C(N)=O. The number of nitrogens with one attached hydrogen (secondary N) is 1. The van der Waals surface area contributed by atoms with Crippen molar-refractivity contribution >= 4 is 27.5 Å². The summed E-state index contributed by atoms with van der Waals surface area (Å²) in [5.41, 5.74) is 5.02. The summed E-state index contributed by atoms with van der Waals surface area (Å²) in [7, 11) is 2.91. The van der Waals surface area contributed by atoms with Crippen LogP contribution in [0.3, 0.4) is 0 Å². The molecule has 6 heteroatoms. The van der Waals surface area contributed by atoms with Gasteiger partial charge in [-0.2, -0.15) is 0 Å². The first-order chi connectivity index (χ1) is 8.43. The molecule has 1 aromatic carbocycles. The average molecular weight is 317 g/mol. The van der Waals surface area contributed by atoms with Gasteiger partial charge in [0.05, 0.1) is 0 Å². The van der Waals surface area contributed by atoms with Gasteiger partial charge in [-0.3, -0.25) is 4.79 Å². The summed E-state index contributed by atoms with van der Waals surface area (Å²) in [4.78, 5) is 11.6. The van der Waals surface area contributed by atoms with E-state index >= 15 is 0 Å². The molecule has 0 heterocycles. The number of rotatable bonds is 6. The minimum absolute atomic E-state index is 0.556. The summed E-state index contributed by atoms with van der Waals surface area (Å²) in [6, 6.07) is 7.37. The molecule has 5 nitrogen and oxygen atoms in total. The summed E-state index contributed by atoms with van der Waals surface area (Å²) in [5.74, 6) is -0.556. The topological polar surface area (TPSA) is 73.6 Å². The van der Waals surface area contributed by atoms with E-state index in [9.17, 15) is 4.79 Å². The number of benzene rings is 1. The van der Waals surface area contributed by atoms with Gasteiger partial charge in [0.25, 0.3) is 0 Å². The van der Waals surface area contributed by atoms with Gasteiger partial charge in [0.1, 0.15) is 0 Å². The van der Waals surface area contributed by atoms with Gasteiger partial charge in [-0.25, -0.2) is 0 Å². The van der Waals surface area contributed by atoms with Crippen LogP contribution >= 0.6 is 15.9 Å². The van der Waals surface area contributed by atoms with Gasteiger partial charge < -0.3 is 20.5 Å². The molecule has 0 saturated heterocycles. The number of halogens is 1. The third-order valence-corrected chi connectivity index (χ3v) is 3.19. The van der Waals surface area contributed by atoms with Gasteiger partial charge in [-0.1, -0.05) is 15.9 Å². The zero-order valence-corrected chi connectivity index (χ0v) is 12.2. The van der Waals surface area contributed by atoms with Crippen molar-refractivity contribution in [2.24, 2.45) is 5.73 Å². The summed E-state index contributed by atoms with van der Waals surface area (Å²) >= 11 is 3.34. The van der Waals surface area contributed by atoms with Crippen molar-refractivity contribution in [3.05, 3.63) is 28.7 Å². The maximum atomic E-state index is 11.6. The standard InChI is InChI=1S/C12H17BrN2O3/c1-12(10(14)16,11(17-2)18-3)15-9-6-4-8(13)5-7-9/h4-7,11,15H,1-3H3,(H2,14,16). The largest absolute Gasteiger partial charge is 0.367 e. The second-order valence-electron chi connectivity index (χ2n) is 4.00. The smallest absolute Gasteiger partial charge is 0.248 e. The maximum Gasteiger partial charge on any atom is 0.248 e. The van der Waals surface area contributed by atoms with Crippen molar-refractivity contribution in [1.29, 1.82) is 0 Å². The van der Waals surface area contributed by atoms with E-state index < -0.39 is 17.7 Å². The van der Waals surface area contributed by atoms with Gasteiger partial charge in [0, 0.05) is 24.4 Å². The number of hydrogen-bond acceptors (Lipinski definition) is 4. The van der Waals surface area contributed by atoms with E-state index in [1.54, 1.807) is 6.92 Å². The number of anilines is 1. The quantitative estimate of drug-likeness (QED) is 0.784. The predicted molar refractivity (Wildman–Crippen MR) is 73.2 cm³/mol. The van der Waals surface area contributed by atoms with Crippen molar-refractivity contribution in [3.63, 3.8) is 0 Å². The van der Waals surface area contributed by atoms with E-state index in [0.29, 0.717) is 0 Å². The number of ether oxygens (including phenoxy) is 2. The molecule has 0 radical (unpaired) electrons. The first kappa shape index (κ1) is 14.9. The molecular weight excluding hydrogens is 300 g/mol. The number of amides is 1. The van der Waals surface area contributed by atoms with Crippen LogP contribution in [0.1, 0.15) is 6.92 Å². The Bertz CT molecular complexity index is 406. The molecule has 3 N–H and O–H groups in total. The third-order valence-electron chi connectivity index (χ3n) is 2.66. The van der Waals surface area contributed by atoms with E-state index in [0.717, 1.165) is 10.2 Å². The fourth-order valence-corrected chi connectivity index (χ4v) is 1.90. The summed E-state index contributed by atoms with van der Waals surface area (Å²) < 4.78 is 11.2. The Balaban J connectivity index is 2.99. The Kier molecular flexibility index (Phi) is 5.13. The van der Waals surface area contributed by atoms with Crippen LogP contribution in [0.4, 0.5) is 5.69 Å². The predicted octanol–water partition coefficient (Wildman–Crippen LogP) is 1.72. The number of hydrogen-bond donors (Lipinski definition) is 2. The van der Waals surface area contributed by atoms with Crippen molar-refractivity contribution in [2.75, 3.05) is 19.5 Å². The molecule has 0 bridgehead atoms. The lowest BCUT2D eigenvalue weighted by atomic mass is 10.00. The molecule has 1 amide bonds. The number of methoxy groups -OCH3 is 2. The van der Waals surface area contributed by atoms with Gasteiger partial charge >= 0.3 is 0 Å². The van der Waals surface area contributed by atoms with E-state index in [1.807, 2.05) is 24.3 Å². The molecule has 0 spiro atoms. The second-order valence-corrected chi connectivity index (χ2v) is 4.92. The van der Waals surface area contributed by atoms with Gasteiger partial charge in [0.15, 0.2) is 11.8 Å². The van der Waals surface area contributed by atoms with Crippen molar-refractivity contribution in [2.45, 2.75) is 18.8 Å². The first-order valence-electron chi connectivity index (χ1n) is 5.33. The lowest BCUT2D eigenvalue weighted by molar-refractivity contribution is -0.155. The number of primary amides is 1. The highest BCUT2D eigenvalue weighted by atomic mass is 79.9. The van der Waals surface area contributed by atoms with Crippen LogP contribution in [0.25, 0.3) is 0 Å². The summed E-state index contributed by atoms with van der Waals surface area (Å²) in [6.07, 6.45) is -0.779. The Morgan fingerprint density at radius 1 is 1.33 bits per heavy atom. The Morgan fingerprint density at radius 2 is 1.83 bits per heavy atom. The van der Waals surface area contributed by atoms with Crippen LogP contribution in [0, 0.1) is 0 Å². The molecular formula is C12H17BrN2O3. The lowest BCUT2D eigenvalue weighted by Gasteiger charge is -2.34. The fraction of sp³-hybridized carbons (Fsp3) is 0.417. The molecule has 18 heavy (non-hydrogen) atoms. The molecule has 0 aromatic heterocycles. The first-order valence-corrected chi connectivity index (χ1v) is 6.12. The molecule has 1 aromatic rings. The molecule has 0 aliphatic heterocycles. The van der Waals surface area contributed by atoms with Crippen LogP contribution in [-0.2, 0) is 14.3 Å². The lowest BCUT2D eigenvalue weighted by Crippen LogP contribution is -2.57. The molecule has 1 atom stereocenters. The normalized spacial score (nSPS) is 14.3. The minimum Gasteiger partial charge on any atom is -0.367 e. The monoisotopic (exact) mass is 316 g/mol. The Morgan fingerprint density at radius 3 is 2.22 bits per heavy atom. The minimum atomic E-state index is -1.16.